The molecule has 0 aliphatic heterocycles. The van der Waals surface area contributed by atoms with Crippen LogP contribution in [0, 0.1) is 0 Å². The molecule has 0 spiro atoms. The average Bonchev–Trinajstić information content (AvgIpc) is 3.57. The van der Waals surface area contributed by atoms with E-state index in [1.807, 2.05) is 43.7 Å². The van der Waals surface area contributed by atoms with Crippen molar-refractivity contribution in [2.75, 3.05) is 18.1 Å². The fourth-order valence-electron chi connectivity index (χ4n) is 4.48. The van der Waals surface area contributed by atoms with Crippen molar-refractivity contribution in [2.24, 2.45) is 0 Å². The van der Waals surface area contributed by atoms with Gasteiger partial charge in [0.05, 0.1) is 12.3 Å². The fourth-order valence-corrected chi connectivity index (χ4v) is 4.48. The second-order valence-electron chi connectivity index (χ2n) is 8.43. The van der Waals surface area contributed by atoms with E-state index in [-0.39, 0.29) is 5.97 Å². The molecule has 4 aromatic rings. The third-order valence-electron chi connectivity index (χ3n) is 6.10. The third kappa shape index (κ3) is 5.15. The molecule has 0 saturated heterocycles. The summed E-state index contributed by atoms with van der Waals surface area (Å²) in [5, 5.41) is 19.3. The molecule has 9 heteroatoms. The number of benzene rings is 2. The summed E-state index contributed by atoms with van der Waals surface area (Å²) in [6.45, 7) is 10.5. The van der Waals surface area contributed by atoms with Crippen molar-refractivity contribution in [1.29, 1.82) is 0 Å². The van der Waals surface area contributed by atoms with Gasteiger partial charge in [0.15, 0.2) is 5.82 Å². The minimum atomic E-state index is -0.307. The molecule has 0 radical (unpaired) electrons. The summed E-state index contributed by atoms with van der Waals surface area (Å²) in [7, 11) is 0. The van der Waals surface area contributed by atoms with E-state index in [1.54, 1.807) is 0 Å². The van der Waals surface area contributed by atoms with E-state index in [9.17, 15) is 4.79 Å². The molecule has 9 nitrogen and oxygen atoms in total. The Hall–Kier alpha value is -4.01. The zero-order chi connectivity index (χ0) is 25.5. The molecule has 2 aromatic heterocycles. The molecular formula is C27H33N7O2. The number of esters is 1. The van der Waals surface area contributed by atoms with E-state index in [0.29, 0.717) is 43.3 Å². The molecule has 0 saturated carbocycles. The van der Waals surface area contributed by atoms with Crippen LogP contribution < -0.4 is 4.90 Å². The van der Waals surface area contributed by atoms with Gasteiger partial charge in [-0.05, 0) is 48.6 Å². The van der Waals surface area contributed by atoms with Crippen molar-refractivity contribution in [2.45, 2.75) is 53.6 Å². The van der Waals surface area contributed by atoms with Crippen LogP contribution in [0.2, 0.25) is 0 Å². The van der Waals surface area contributed by atoms with Crippen molar-refractivity contribution in [3.63, 3.8) is 0 Å². The van der Waals surface area contributed by atoms with Crippen molar-refractivity contribution in [1.82, 2.24) is 30.4 Å². The van der Waals surface area contributed by atoms with Crippen LogP contribution in [0.4, 0.5) is 5.82 Å². The zero-order valence-corrected chi connectivity index (χ0v) is 21.4. The molecule has 0 bridgehead atoms. The standard InChI is InChI=1S/C27H33N7O2/c1-5-17-33(26-24(27(35)36-8-4)23(6-2)34(7-3)30-26)18-19-13-15-20(16-14-19)21-11-9-10-12-22(21)25-28-31-32-29-25/h9-16H,5-8,17-18H2,1-4H3,(H,28,29,31,32). The van der Waals surface area contributed by atoms with Gasteiger partial charge in [0.25, 0.3) is 0 Å². The summed E-state index contributed by atoms with van der Waals surface area (Å²) in [5.41, 5.74) is 5.65. The Morgan fingerprint density at radius 3 is 2.39 bits per heavy atom. The molecule has 188 valence electrons. The first-order valence-electron chi connectivity index (χ1n) is 12.5. The van der Waals surface area contributed by atoms with Gasteiger partial charge in [-0.2, -0.15) is 10.3 Å². The molecule has 2 aromatic carbocycles. The number of carbonyl (C=O) groups excluding carboxylic acids is 1. The maximum atomic E-state index is 12.9. The van der Waals surface area contributed by atoms with Gasteiger partial charge in [-0.15, -0.1) is 10.2 Å². The van der Waals surface area contributed by atoms with E-state index >= 15 is 0 Å². The van der Waals surface area contributed by atoms with E-state index < -0.39 is 0 Å². The highest BCUT2D eigenvalue weighted by atomic mass is 16.5. The Kier molecular flexibility index (Phi) is 8.10. The SMILES string of the molecule is CCCN(Cc1ccc(-c2ccccc2-c2nn[nH]n2)cc1)c1nn(CC)c(CC)c1C(=O)OCC. The second kappa shape index (κ2) is 11.6. The normalized spacial score (nSPS) is 11.0. The number of nitrogens with one attached hydrogen (secondary N) is 1. The summed E-state index contributed by atoms with van der Waals surface area (Å²) < 4.78 is 7.34. The van der Waals surface area contributed by atoms with Crippen molar-refractivity contribution >= 4 is 11.8 Å². The number of aromatic nitrogens is 6. The molecule has 0 aliphatic rings. The maximum Gasteiger partial charge on any atom is 0.343 e. The lowest BCUT2D eigenvalue weighted by molar-refractivity contribution is 0.0525. The Labute approximate surface area is 211 Å². The van der Waals surface area contributed by atoms with Crippen LogP contribution in [0.15, 0.2) is 48.5 Å². The van der Waals surface area contributed by atoms with Crippen LogP contribution in [-0.4, -0.2) is 49.5 Å². The van der Waals surface area contributed by atoms with Crippen LogP contribution >= 0.6 is 0 Å². The van der Waals surface area contributed by atoms with Gasteiger partial charge in [0.1, 0.15) is 5.56 Å². The Balaban J connectivity index is 1.65. The molecule has 0 atom stereocenters. The van der Waals surface area contributed by atoms with Crippen LogP contribution in [0.3, 0.4) is 0 Å². The minimum Gasteiger partial charge on any atom is -0.462 e. The van der Waals surface area contributed by atoms with Gasteiger partial charge in [-0.1, -0.05) is 62.4 Å². The predicted octanol–water partition coefficient (Wildman–Crippen LogP) is 4.91. The Bertz CT molecular complexity index is 1280. The number of anilines is 1. The van der Waals surface area contributed by atoms with E-state index in [1.165, 1.54) is 0 Å². The first-order chi connectivity index (χ1) is 17.6. The van der Waals surface area contributed by atoms with Gasteiger partial charge in [0, 0.05) is 25.2 Å². The largest absolute Gasteiger partial charge is 0.462 e. The van der Waals surface area contributed by atoms with E-state index in [2.05, 4.69) is 62.8 Å². The summed E-state index contributed by atoms with van der Waals surface area (Å²) >= 11 is 0. The lowest BCUT2D eigenvalue weighted by Crippen LogP contribution is -2.26. The molecule has 0 fully saturated rings. The van der Waals surface area contributed by atoms with Gasteiger partial charge in [-0.25, -0.2) is 4.79 Å². The number of ether oxygens (including phenoxy) is 1. The Morgan fingerprint density at radius 2 is 1.78 bits per heavy atom. The summed E-state index contributed by atoms with van der Waals surface area (Å²) in [6, 6.07) is 16.5. The van der Waals surface area contributed by atoms with Crippen molar-refractivity contribution < 1.29 is 9.53 Å². The number of aryl methyl sites for hydroxylation is 1. The predicted molar refractivity (Wildman–Crippen MR) is 140 cm³/mol. The molecule has 2 heterocycles. The number of rotatable bonds is 11. The molecule has 4 rings (SSSR count). The summed E-state index contributed by atoms with van der Waals surface area (Å²) in [5.74, 6) is 0.952. The van der Waals surface area contributed by atoms with Gasteiger partial charge < -0.3 is 9.64 Å². The number of carbonyl (C=O) groups is 1. The topological polar surface area (TPSA) is 102 Å². The highest BCUT2D eigenvalue weighted by Gasteiger charge is 2.27. The van der Waals surface area contributed by atoms with Crippen LogP contribution in [-0.2, 0) is 24.2 Å². The van der Waals surface area contributed by atoms with Crippen molar-refractivity contribution in [3.05, 3.63) is 65.4 Å². The number of aromatic amines is 1. The van der Waals surface area contributed by atoms with Crippen LogP contribution in [0.5, 0.6) is 0 Å². The fraction of sp³-hybridized carbons (Fsp3) is 0.370. The highest BCUT2D eigenvalue weighted by molar-refractivity contribution is 5.96. The monoisotopic (exact) mass is 487 g/mol. The summed E-state index contributed by atoms with van der Waals surface area (Å²) in [6.07, 6.45) is 1.64. The number of hydrogen-bond donors (Lipinski definition) is 1. The first-order valence-corrected chi connectivity index (χ1v) is 12.5. The number of nitrogens with zero attached hydrogens (tertiary/aromatic N) is 6. The molecule has 1 N–H and O–H groups in total. The van der Waals surface area contributed by atoms with Gasteiger partial charge in [-0.3, -0.25) is 4.68 Å². The third-order valence-corrected chi connectivity index (χ3v) is 6.10. The lowest BCUT2D eigenvalue weighted by atomic mass is 9.98. The van der Waals surface area contributed by atoms with Gasteiger partial charge >= 0.3 is 5.97 Å². The van der Waals surface area contributed by atoms with E-state index in [0.717, 1.165) is 40.9 Å². The Morgan fingerprint density at radius 1 is 1.03 bits per heavy atom. The van der Waals surface area contributed by atoms with Crippen LogP contribution in [0.1, 0.15) is 55.7 Å². The molecule has 0 unspecified atom stereocenters. The molecule has 0 aliphatic carbocycles. The lowest BCUT2D eigenvalue weighted by Gasteiger charge is -2.23. The summed E-state index contributed by atoms with van der Waals surface area (Å²) in [4.78, 5) is 15.1. The van der Waals surface area contributed by atoms with Gasteiger partial charge in [0.2, 0.25) is 5.82 Å². The number of H-pyrrole nitrogens is 1. The second-order valence-corrected chi connectivity index (χ2v) is 8.43. The minimum absolute atomic E-state index is 0.307. The zero-order valence-electron chi connectivity index (χ0n) is 21.4. The first kappa shape index (κ1) is 25.1. The number of hydrogen-bond acceptors (Lipinski definition) is 7. The highest BCUT2D eigenvalue weighted by Crippen LogP contribution is 2.31. The maximum absolute atomic E-state index is 12.9. The molecule has 0 amide bonds. The number of tetrazole rings is 1. The van der Waals surface area contributed by atoms with Crippen molar-refractivity contribution in [3.8, 4) is 22.5 Å². The van der Waals surface area contributed by atoms with Crippen LogP contribution in [0.25, 0.3) is 22.5 Å². The van der Waals surface area contributed by atoms with E-state index in [4.69, 9.17) is 9.84 Å². The smallest absolute Gasteiger partial charge is 0.343 e. The average molecular weight is 488 g/mol. The molecular weight excluding hydrogens is 454 g/mol. The molecule has 36 heavy (non-hydrogen) atoms. The quantitative estimate of drug-likeness (QED) is 0.300.